The fourth-order valence-corrected chi connectivity index (χ4v) is 4.22. The van der Waals surface area contributed by atoms with Gasteiger partial charge < -0.3 is 0 Å². The molecule has 0 fully saturated rings. The van der Waals surface area contributed by atoms with Crippen molar-refractivity contribution >= 4 is 15.7 Å². The van der Waals surface area contributed by atoms with Crippen molar-refractivity contribution in [3.8, 4) is 0 Å². The number of hydrogen-bond acceptors (Lipinski definition) is 4. The maximum atomic E-state index is 12.8. The van der Waals surface area contributed by atoms with E-state index in [1.807, 2.05) is 60.7 Å². The predicted molar refractivity (Wildman–Crippen MR) is 107 cm³/mol. The number of nitrogens with one attached hydrogen (secondary N) is 1. The second kappa shape index (κ2) is 8.77. The third kappa shape index (κ3) is 5.25. The lowest BCUT2D eigenvalue weighted by molar-refractivity contribution is -0.384. The van der Waals surface area contributed by atoms with Gasteiger partial charge in [-0.1, -0.05) is 60.7 Å². The Labute approximate surface area is 164 Å². The normalized spacial score (nSPS) is 11.5. The SMILES string of the molecule is O=[N+]([O-])c1ccc(S(=O)(=O)NC(Cc2ccccc2)Cc2ccccc2)cc1. The Balaban J connectivity index is 1.83. The van der Waals surface area contributed by atoms with Gasteiger partial charge in [-0.3, -0.25) is 10.1 Å². The van der Waals surface area contributed by atoms with Crippen LogP contribution in [0.25, 0.3) is 0 Å². The molecule has 3 aromatic carbocycles. The van der Waals surface area contributed by atoms with Crippen molar-refractivity contribution in [2.75, 3.05) is 0 Å². The Morgan fingerprint density at radius 3 is 1.68 bits per heavy atom. The fraction of sp³-hybridized carbons (Fsp3) is 0.143. The summed E-state index contributed by atoms with van der Waals surface area (Å²) in [5.74, 6) is 0. The topological polar surface area (TPSA) is 89.3 Å². The van der Waals surface area contributed by atoms with E-state index in [2.05, 4.69) is 4.72 Å². The third-order valence-corrected chi connectivity index (χ3v) is 5.87. The quantitative estimate of drug-likeness (QED) is 0.464. The highest BCUT2D eigenvalue weighted by Crippen LogP contribution is 2.18. The first-order valence-corrected chi connectivity index (χ1v) is 10.3. The van der Waals surface area contributed by atoms with Gasteiger partial charge in [0.05, 0.1) is 9.82 Å². The molecule has 0 spiro atoms. The molecule has 0 saturated heterocycles. The van der Waals surface area contributed by atoms with E-state index in [4.69, 9.17) is 0 Å². The van der Waals surface area contributed by atoms with Crippen molar-refractivity contribution in [1.82, 2.24) is 4.72 Å². The number of rotatable bonds is 8. The first kappa shape index (κ1) is 19.7. The number of nitrogens with zero attached hydrogens (tertiary/aromatic N) is 1. The summed E-state index contributed by atoms with van der Waals surface area (Å²) in [4.78, 5) is 10.2. The molecule has 3 rings (SSSR count). The Morgan fingerprint density at radius 2 is 1.25 bits per heavy atom. The maximum Gasteiger partial charge on any atom is 0.269 e. The van der Waals surface area contributed by atoms with Gasteiger partial charge in [-0.25, -0.2) is 13.1 Å². The number of non-ortho nitro benzene ring substituents is 1. The second-order valence-corrected chi connectivity index (χ2v) is 8.16. The molecule has 7 heteroatoms. The monoisotopic (exact) mass is 396 g/mol. The lowest BCUT2D eigenvalue weighted by Gasteiger charge is -2.19. The zero-order valence-corrected chi connectivity index (χ0v) is 15.9. The summed E-state index contributed by atoms with van der Waals surface area (Å²) < 4.78 is 28.4. The van der Waals surface area contributed by atoms with E-state index in [-0.39, 0.29) is 16.6 Å². The summed E-state index contributed by atoms with van der Waals surface area (Å²) in [6, 6.07) is 23.9. The van der Waals surface area contributed by atoms with Crippen LogP contribution in [0.1, 0.15) is 11.1 Å². The van der Waals surface area contributed by atoms with Gasteiger partial charge >= 0.3 is 0 Å². The highest BCUT2D eigenvalue weighted by Gasteiger charge is 2.21. The molecule has 6 nitrogen and oxygen atoms in total. The Bertz CT molecular complexity index is 980. The molecule has 28 heavy (non-hydrogen) atoms. The summed E-state index contributed by atoms with van der Waals surface area (Å²) in [5, 5.41) is 10.8. The summed E-state index contributed by atoms with van der Waals surface area (Å²) in [6.07, 6.45) is 1.06. The van der Waals surface area contributed by atoms with Crippen LogP contribution in [0.5, 0.6) is 0 Å². The number of sulfonamides is 1. The van der Waals surface area contributed by atoms with Gasteiger partial charge in [-0.2, -0.15) is 0 Å². The summed E-state index contributed by atoms with van der Waals surface area (Å²) >= 11 is 0. The maximum absolute atomic E-state index is 12.8. The van der Waals surface area contributed by atoms with Crippen molar-refractivity contribution in [1.29, 1.82) is 0 Å². The average Bonchev–Trinajstić information content (AvgIpc) is 2.69. The zero-order chi connectivity index (χ0) is 20.0. The van der Waals surface area contributed by atoms with Crippen molar-refractivity contribution < 1.29 is 13.3 Å². The van der Waals surface area contributed by atoms with Crippen LogP contribution in [0.3, 0.4) is 0 Å². The molecule has 0 aromatic heterocycles. The summed E-state index contributed by atoms with van der Waals surface area (Å²) in [7, 11) is -3.81. The highest BCUT2D eigenvalue weighted by molar-refractivity contribution is 7.89. The van der Waals surface area contributed by atoms with Gasteiger partial charge in [-0.15, -0.1) is 0 Å². The lowest BCUT2D eigenvalue weighted by Crippen LogP contribution is -2.38. The van der Waals surface area contributed by atoms with Gasteiger partial charge in [0.25, 0.3) is 5.69 Å². The van der Waals surface area contributed by atoms with Crippen LogP contribution >= 0.6 is 0 Å². The highest BCUT2D eigenvalue weighted by atomic mass is 32.2. The van der Waals surface area contributed by atoms with Crippen molar-refractivity contribution in [3.63, 3.8) is 0 Å². The molecule has 3 aromatic rings. The van der Waals surface area contributed by atoms with Crippen LogP contribution in [-0.2, 0) is 22.9 Å². The average molecular weight is 396 g/mol. The number of nitro benzene ring substituents is 1. The van der Waals surface area contributed by atoms with Crippen LogP contribution in [0.15, 0.2) is 89.8 Å². The molecule has 0 atom stereocenters. The number of hydrogen-bond donors (Lipinski definition) is 1. The van der Waals surface area contributed by atoms with E-state index in [1.54, 1.807) is 0 Å². The number of benzene rings is 3. The van der Waals surface area contributed by atoms with E-state index in [9.17, 15) is 18.5 Å². The van der Waals surface area contributed by atoms with Gasteiger partial charge in [0.2, 0.25) is 10.0 Å². The molecule has 0 aliphatic heterocycles. The van der Waals surface area contributed by atoms with Crippen molar-refractivity contribution in [2.24, 2.45) is 0 Å². The molecule has 0 aliphatic rings. The van der Waals surface area contributed by atoms with Crippen LogP contribution < -0.4 is 4.72 Å². The largest absolute Gasteiger partial charge is 0.269 e. The summed E-state index contributed by atoms with van der Waals surface area (Å²) in [5.41, 5.74) is 1.90. The van der Waals surface area contributed by atoms with E-state index < -0.39 is 14.9 Å². The van der Waals surface area contributed by atoms with Gasteiger partial charge in [0.15, 0.2) is 0 Å². The molecule has 1 N–H and O–H groups in total. The molecule has 0 radical (unpaired) electrons. The van der Waals surface area contributed by atoms with Crippen LogP contribution in [0.2, 0.25) is 0 Å². The molecule has 0 saturated carbocycles. The predicted octanol–water partition coefficient (Wildman–Crippen LogP) is 3.73. The van der Waals surface area contributed by atoms with E-state index in [0.29, 0.717) is 12.8 Å². The first-order chi connectivity index (χ1) is 13.4. The molecular weight excluding hydrogens is 376 g/mol. The molecule has 0 unspecified atom stereocenters. The smallest absolute Gasteiger partial charge is 0.258 e. The standard InChI is InChI=1S/C21H20N2O4S/c24-23(25)20-11-13-21(14-12-20)28(26,27)22-19(15-17-7-3-1-4-8-17)16-18-9-5-2-6-10-18/h1-14,19,22H,15-16H2. The van der Waals surface area contributed by atoms with Crippen LogP contribution in [0, 0.1) is 10.1 Å². The minimum atomic E-state index is -3.81. The lowest BCUT2D eigenvalue weighted by atomic mass is 10.00. The van der Waals surface area contributed by atoms with Crippen LogP contribution in [0.4, 0.5) is 5.69 Å². The van der Waals surface area contributed by atoms with Crippen molar-refractivity contribution in [2.45, 2.75) is 23.8 Å². The second-order valence-electron chi connectivity index (χ2n) is 6.45. The minimum Gasteiger partial charge on any atom is -0.258 e. The fourth-order valence-electron chi connectivity index (χ4n) is 2.99. The Hall–Kier alpha value is -3.03. The molecule has 0 amide bonds. The molecule has 0 aliphatic carbocycles. The van der Waals surface area contributed by atoms with E-state index >= 15 is 0 Å². The van der Waals surface area contributed by atoms with Gasteiger partial charge in [-0.05, 0) is 36.1 Å². The molecule has 144 valence electrons. The summed E-state index contributed by atoms with van der Waals surface area (Å²) in [6.45, 7) is 0. The minimum absolute atomic E-state index is 0.00391. The molecular formula is C21H20N2O4S. The van der Waals surface area contributed by atoms with Gasteiger partial charge in [0, 0.05) is 18.2 Å². The van der Waals surface area contributed by atoms with Crippen LogP contribution in [-0.4, -0.2) is 19.4 Å². The molecule has 0 bridgehead atoms. The number of nitro groups is 1. The van der Waals surface area contributed by atoms with E-state index in [1.165, 1.54) is 24.3 Å². The first-order valence-electron chi connectivity index (χ1n) is 8.79. The third-order valence-electron chi connectivity index (χ3n) is 4.33. The molecule has 0 heterocycles. The Morgan fingerprint density at radius 1 is 0.786 bits per heavy atom. The Kier molecular flexibility index (Phi) is 6.18. The van der Waals surface area contributed by atoms with Crippen molar-refractivity contribution in [3.05, 3.63) is 106 Å². The van der Waals surface area contributed by atoms with Gasteiger partial charge in [0.1, 0.15) is 0 Å². The zero-order valence-electron chi connectivity index (χ0n) is 15.1. The van der Waals surface area contributed by atoms with E-state index in [0.717, 1.165) is 11.1 Å².